The summed E-state index contributed by atoms with van der Waals surface area (Å²) < 4.78 is 39.8. The van der Waals surface area contributed by atoms with Crippen LogP contribution in [0.1, 0.15) is 11.1 Å². The summed E-state index contributed by atoms with van der Waals surface area (Å²) in [5.41, 5.74) is 1.81. The number of nitrogens with one attached hydrogen (secondary N) is 2. The first kappa shape index (κ1) is 20.3. The Labute approximate surface area is 155 Å². The van der Waals surface area contributed by atoms with Crippen molar-refractivity contribution in [3.63, 3.8) is 0 Å². The maximum absolute atomic E-state index is 13.6. The van der Waals surface area contributed by atoms with Gasteiger partial charge in [0, 0.05) is 20.6 Å². The summed E-state index contributed by atoms with van der Waals surface area (Å²) in [6.07, 6.45) is 0. The van der Waals surface area contributed by atoms with Gasteiger partial charge < -0.3 is 15.5 Å². The van der Waals surface area contributed by atoms with Crippen molar-refractivity contribution < 1.29 is 18.0 Å². The van der Waals surface area contributed by atoms with Crippen molar-refractivity contribution >= 4 is 17.6 Å². The van der Waals surface area contributed by atoms with E-state index in [0.717, 1.165) is 23.3 Å². The van der Waals surface area contributed by atoms with Crippen LogP contribution in [0, 0.1) is 24.4 Å². The van der Waals surface area contributed by atoms with Crippen molar-refractivity contribution in [2.75, 3.05) is 26.0 Å². The molecular weight excluding hydrogens is 357 g/mol. The fourth-order valence-corrected chi connectivity index (χ4v) is 2.48. The number of aryl methyl sites for hydroxylation is 1. The zero-order valence-corrected chi connectivity index (χ0v) is 15.3. The highest BCUT2D eigenvalue weighted by Crippen LogP contribution is 2.19. The number of hydrogen-bond donors (Lipinski definition) is 2. The molecule has 5 nitrogen and oxygen atoms in total. The highest BCUT2D eigenvalue weighted by Gasteiger charge is 2.16. The number of guanidine groups is 1. The Morgan fingerprint density at radius 3 is 2.48 bits per heavy atom. The maximum Gasteiger partial charge on any atom is 0.243 e. The van der Waals surface area contributed by atoms with E-state index in [1.165, 1.54) is 0 Å². The molecule has 0 spiro atoms. The molecule has 2 rings (SSSR count). The van der Waals surface area contributed by atoms with Gasteiger partial charge >= 0.3 is 0 Å². The average molecular weight is 378 g/mol. The second-order valence-corrected chi connectivity index (χ2v) is 5.95. The molecule has 8 heteroatoms. The average Bonchev–Trinajstić information content (AvgIpc) is 2.64. The second kappa shape index (κ2) is 9.07. The fourth-order valence-electron chi connectivity index (χ4n) is 2.48. The number of nitrogens with zero attached hydrogens (tertiary/aromatic N) is 2. The van der Waals surface area contributed by atoms with Crippen molar-refractivity contribution in [3.05, 3.63) is 65.0 Å². The van der Waals surface area contributed by atoms with Gasteiger partial charge in [0.05, 0.1) is 12.2 Å². The van der Waals surface area contributed by atoms with Crippen LogP contribution in [0.5, 0.6) is 0 Å². The molecule has 0 aliphatic rings. The number of hydrogen-bond acceptors (Lipinski definition) is 2. The van der Waals surface area contributed by atoms with Gasteiger partial charge in [0.25, 0.3) is 0 Å². The van der Waals surface area contributed by atoms with Crippen LogP contribution in [0.2, 0.25) is 0 Å². The Balaban J connectivity index is 1.94. The first-order valence-corrected chi connectivity index (χ1v) is 8.23. The van der Waals surface area contributed by atoms with E-state index in [4.69, 9.17) is 0 Å². The van der Waals surface area contributed by atoms with E-state index in [1.54, 1.807) is 7.05 Å². The molecule has 0 fully saturated rings. The molecule has 0 radical (unpaired) electrons. The van der Waals surface area contributed by atoms with Crippen LogP contribution in [-0.2, 0) is 11.3 Å². The predicted octanol–water partition coefficient (Wildman–Crippen LogP) is 3.06. The Kier molecular flexibility index (Phi) is 6.81. The molecule has 0 aliphatic carbocycles. The van der Waals surface area contributed by atoms with Crippen LogP contribution in [0.3, 0.4) is 0 Å². The molecule has 2 aromatic carbocycles. The Morgan fingerprint density at radius 1 is 1.11 bits per heavy atom. The third-order valence-electron chi connectivity index (χ3n) is 3.96. The number of halogens is 3. The largest absolute Gasteiger partial charge is 0.347 e. The maximum atomic E-state index is 13.6. The number of anilines is 1. The fraction of sp³-hybridized carbons (Fsp3) is 0.263. The molecule has 0 unspecified atom stereocenters. The lowest BCUT2D eigenvalue weighted by Crippen LogP contribution is -2.42. The Hall–Kier alpha value is -3.03. The summed E-state index contributed by atoms with van der Waals surface area (Å²) in [5.74, 6) is -4.55. The zero-order chi connectivity index (χ0) is 20.0. The first-order chi connectivity index (χ1) is 12.8. The van der Waals surface area contributed by atoms with Crippen LogP contribution in [-0.4, -0.2) is 37.4 Å². The van der Waals surface area contributed by atoms with Gasteiger partial charge in [-0.15, -0.1) is 0 Å². The Morgan fingerprint density at radius 2 is 1.81 bits per heavy atom. The lowest BCUT2D eigenvalue weighted by molar-refractivity contribution is -0.115. The van der Waals surface area contributed by atoms with Crippen LogP contribution in [0.4, 0.5) is 18.9 Å². The van der Waals surface area contributed by atoms with Crippen molar-refractivity contribution in [1.82, 2.24) is 10.2 Å². The molecule has 0 atom stereocenters. The molecule has 0 aromatic heterocycles. The monoisotopic (exact) mass is 378 g/mol. The lowest BCUT2D eigenvalue weighted by Gasteiger charge is -2.22. The van der Waals surface area contributed by atoms with E-state index in [9.17, 15) is 18.0 Å². The zero-order valence-electron chi connectivity index (χ0n) is 15.3. The summed E-state index contributed by atoms with van der Waals surface area (Å²) >= 11 is 0. The van der Waals surface area contributed by atoms with Crippen LogP contribution in [0.25, 0.3) is 0 Å². The van der Waals surface area contributed by atoms with Gasteiger partial charge in [-0.25, -0.2) is 13.2 Å². The minimum atomic E-state index is -1.63. The minimum Gasteiger partial charge on any atom is -0.347 e. The highest BCUT2D eigenvalue weighted by atomic mass is 19.2. The van der Waals surface area contributed by atoms with E-state index < -0.39 is 29.0 Å². The Bertz CT molecular complexity index is 855. The van der Waals surface area contributed by atoms with Crippen molar-refractivity contribution in [3.8, 4) is 0 Å². The molecule has 0 heterocycles. The molecular formula is C19H21F3N4O. The van der Waals surface area contributed by atoms with E-state index >= 15 is 0 Å². The van der Waals surface area contributed by atoms with E-state index in [1.807, 2.05) is 43.1 Å². The number of aliphatic imine (C=N–C) groups is 1. The quantitative estimate of drug-likeness (QED) is 0.478. The normalized spacial score (nSPS) is 11.3. The van der Waals surface area contributed by atoms with Gasteiger partial charge in [-0.1, -0.05) is 24.3 Å². The van der Waals surface area contributed by atoms with Gasteiger partial charge in [-0.2, -0.15) is 0 Å². The number of rotatable bonds is 5. The summed E-state index contributed by atoms with van der Waals surface area (Å²) in [5, 5.41) is 5.05. The van der Waals surface area contributed by atoms with E-state index in [-0.39, 0.29) is 6.54 Å². The van der Waals surface area contributed by atoms with Crippen molar-refractivity contribution in [2.45, 2.75) is 13.5 Å². The molecule has 0 bridgehead atoms. The van der Waals surface area contributed by atoms with E-state index in [0.29, 0.717) is 12.5 Å². The SMILES string of the molecule is CN=C(NCC(=O)Nc1ccc(F)c(F)c1F)N(C)Cc1ccccc1C. The van der Waals surface area contributed by atoms with Gasteiger partial charge in [0.2, 0.25) is 5.91 Å². The second-order valence-electron chi connectivity index (χ2n) is 5.95. The molecule has 0 saturated carbocycles. The number of amides is 1. The van der Waals surface area contributed by atoms with E-state index in [2.05, 4.69) is 15.6 Å². The first-order valence-electron chi connectivity index (χ1n) is 8.23. The number of carbonyl (C=O) groups excluding carboxylic acids is 1. The van der Waals surface area contributed by atoms with Crippen molar-refractivity contribution in [1.29, 1.82) is 0 Å². The predicted molar refractivity (Wildman–Crippen MR) is 99.0 cm³/mol. The topological polar surface area (TPSA) is 56.7 Å². The summed E-state index contributed by atoms with van der Waals surface area (Å²) in [4.78, 5) is 17.9. The lowest BCUT2D eigenvalue weighted by atomic mass is 10.1. The van der Waals surface area contributed by atoms with Gasteiger partial charge in [-0.3, -0.25) is 9.79 Å². The van der Waals surface area contributed by atoms with Gasteiger partial charge in [-0.05, 0) is 30.2 Å². The third-order valence-corrected chi connectivity index (χ3v) is 3.96. The molecule has 144 valence electrons. The van der Waals surface area contributed by atoms with Crippen LogP contribution >= 0.6 is 0 Å². The molecule has 0 aliphatic heterocycles. The highest BCUT2D eigenvalue weighted by molar-refractivity contribution is 5.95. The van der Waals surface area contributed by atoms with Gasteiger partial charge in [0.15, 0.2) is 23.4 Å². The molecule has 2 N–H and O–H groups in total. The third kappa shape index (κ3) is 5.22. The summed E-state index contributed by atoms with van der Waals surface area (Å²) in [7, 11) is 3.39. The number of carbonyl (C=O) groups is 1. The molecule has 0 saturated heterocycles. The van der Waals surface area contributed by atoms with Crippen LogP contribution in [0.15, 0.2) is 41.4 Å². The standard InChI is InChI=1S/C19H21F3N4O/c1-12-6-4-5-7-13(12)11-26(3)19(23-2)24-10-16(27)25-15-9-8-14(20)17(21)18(15)22/h4-9H,10-11H2,1-3H3,(H,23,24)(H,25,27). The smallest absolute Gasteiger partial charge is 0.243 e. The summed E-state index contributed by atoms with van der Waals surface area (Å²) in [6.45, 7) is 2.36. The van der Waals surface area contributed by atoms with Crippen LogP contribution < -0.4 is 10.6 Å². The van der Waals surface area contributed by atoms with Crippen molar-refractivity contribution in [2.24, 2.45) is 4.99 Å². The molecule has 1 amide bonds. The summed E-state index contributed by atoms with van der Waals surface area (Å²) in [6, 6.07) is 9.60. The number of benzene rings is 2. The molecule has 2 aromatic rings. The molecule has 27 heavy (non-hydrogen) atoms. The minimum absolute atomic E-state index is 0.219. The van der Waals surface area contributed by atoms with Gasteiger partial charge in [0.1, 0.15) is 0 Å².